The van der Waals surface area contributed by atoms with E-state index in [9.17, 15) is 14.0 Å². The maximum absolute atomic E-state index is 14.1. The Kier molecular flexibility index (Phi) is 6.55. The van der Waals surface area contributed by atoms with Crippen LogP contribution >= 0.6 is 27.5 Å². The van der Waals surface area contributed by atoms with Crippen molar-refractivity contribution in [1.82, 2.24) is 9.80 Å². The molecular formula is C18H23BrClFN2O3. The molecule has 1 aromatic rings. The lowest BCUT2D eigenvalue weighted by Gasteiger charge is -2.37. The molecule has 0 saturated carbocycles. The summed E-state index contributed by atoms with van der Waals surface area (Å²) in [5.41, 5.74) is -0.571. The summed E-state index contributed by atoms with van der Waals surface area (Å²) in [6, 6.07) is 2.44. The number of nitrogens with zero attached hydrogens (tertiary/aromatic N) is 2. The van der Waals surface area contributed by atoms with Crippen LogP contribution in [0, 0.1) is 5.82 Å². The molecule has 0 aliphatic carbocycles. The fourth-order valence-electron chi connectivity index (χ4n) is 2.80. The van der Waals surface area contributed by atoms with Gasteiger partial charge in [0.05, 0.1) is 10.6 Å². The topological polar surface area (TPSA) is 49.9 Å². The third-order valence-corrected chi connectivity index (χ3v) is 5.42. The molecule has 5 nitrogen and oxygen atoms in total. The summed E-state index contributed by atoms with van der Waals surface area (Å²) >= 11 is 9.06. The highest BCUT2D eigenvalue weighted by Gasteiger charge is 2.31. The Morgan fingerprint density at radius 2 is 1.88 bits per heavy atom. The number of carbonyl (C=O) groups excluding carboxylic acids is 2. The van der Waals surface area contributed by atoms with E-state index in [4.69, 9.17) is 16.3 Å². The average Bonchev–Trinajstić information content (AvgIpc) is 2.55. The number of likely N-dealkylation sites (tertiary alicyclic amines) is 1. The molecule has 0 bridgehead atoms. The van der Waals surface area contributed by atoms with Crippen molar-refractivity contribution in [3.63, 3.8) is 0 Å². The van der Waals surface area contributed by atoms with Crippen molar-refractivity contribution in [3.05, 3.63) is 33.0 Å². The van der Waals surface area contributed by atoms with E-state index >= 15 is 0 Å². The molecule has 0 atom stereocenters. The molecule has 2 rings (SSSR count). The second-order valence-corrected chi connectivity index (χ2v) is 8.62. The molecule has 0 aromatic heterocycles. The zero-order valence-electron chi connectivity index (χ0n) is 15.3. The monoisotopic (exact) mass is 448 g/mol. The Morgan fingerprint density at radius 1 is 1.31 bits per heavy atom. The summed E-state index contributed by atoms with van der Waals surface area (Å²) in [6.07, 6.45) is 0.869. The average molecular weight is 450 g/mol. The number of ether oxygens (including phenoxy) is 1. The predicted octanol–water partition coefficient (Wildman–Crippen LogP) is 4.71. The summed E-state index contributed by atoms with van der Waals surface area (Å²) in [4.78, 5) is 27.9. The van der Waals surface area contributed by atoms with Gasteiger partial charge in [-0.1, -0.05) is 11.6 Å². The molecule has 26 heavy (non-hydrogen) atoms. The Bertz CT molecular complexity index is 700. The lowest BCUT2D eigenvalue weighted by Crippen LogP contribution is -2.48. The first-order valence-electron chi connectivity index (χ1n) is 8.39. The van der Waals surface area contributed by atoms with Gasteiger partial charge in [0, 0.05) is 30.7 Å². The Labute approximate surface area is 166 Å². The SMILES string of the molecule is CN(C(=O)c1cc(Br)c(Cl)cc1F)C1CCN(C(=O)OC(C)(C)C)CC1. The third-order valence-electron chi connectivity index (χ3n) is 4.22. The zero-order valence-corrected chi connectivity index (χ0v) is 17.7. The maximum Gasteiger partial charge on any atom is 0.410 e. The van der Waals surface area contributed by atoms with Crippen LogP contribution in [-0.4, -0.2) is 53.6 Å². The van der Waals surface area contributed by atoms with Gasteiger partial charge < -0.3 is 14.5 Å². The molecule has 1 heterocycles. The number of hydrogen-bond donors (Lipinski definition) is 0. The van der Waals surface area contributed by atoms with Gasteiger partial charge in [-0.25, -0.2) is 9.18 Å². The summed E-state index contributed by atoms with van der Waals surface area (Å²) < 4.78 is 20.0. The van der Waals surface area contributed by atoms with Crippen molar-refractivity contribution >= 4 is 39.5 Å². The van der Waals surface area contributed by atoms with Gasteiger partial charge in [-0.3, -0.25) is 4.79 Å². The van der Waals surface area contributed by atoms with Gasteiger partial charge in [0.15, 0.2) is 0 Å². The van der Waals surface area contributed by atoms with E-state index in [1.54, 1.807) is 11.9 Å². The highest BCUT2D eigenvalue weighted by molar-refractivity contribution is 9.10. The highest BCUT2D eigenvalue weighted by atomic mass is 79.9. The number of rotatable bonds is 2. The van der Waals surface area contributed by atoms with Crippen LogP contribution in [0.1, 0.15) is 44.0 Å². The Hall–Kier alpha value is -1.34. The van der Waals surface area contributed by atoms with Gasteiger partial charge in [-0.2, -0.15) is 0 Å². The summed E-state index contributed by atoms with van der Waals surface area (Å²) in [7, 11) is 1.65. The molecule has 8 heteroatoms. The van der Waals surface area contributed by atoms with E-state index in [0.717, 1.165) is 6.07 Å². The molecule has 0 spiro atoms. The Balaban J connectivity index is 2.00. The fourth-order valence-corrected chi connectivity index (χ4v) is 3.30. The molecule has 0 N–H and O–H groups in total. The van der Waals surface area contributed by atoms with Crippen molar-refractivity contribution < 1.29 is 18.7 Å². The fraction of sp³-hybridized carbons (Fsp3) is 0.556. The number of piperidine rings is 1. The van der Waals surface area contributed by atoms with E-state index in [-0.39, 0.29) is 22.7 Å². The molecular weight excluding hydrogens is 427 g/mol. The second-order valence-electron chi connectivity index (χ2n) is 7.36. The molecule has 1 aliphatic rings. The van der Waals surface area contributed by atoms with Crippen LogP contribution < -0.4 is 0 Å². The van der Waals surface area contributed by atoms with E-state index in [1.165, 1.54) is 11.0 Å². The molecule has 1 aromatic carbocycles. The van der Waals surface area contributed by atoms with Crippen molar-refractivity contribution in [1.29, 1.82) is 0 Å². The number of halogens is 3. The first-order chi connectivity index (χ1) is 12.0. The summed E-state index contributed by atoms with van der Waals surface area (Å²) in [6.45, 7) is 6.45. The molecule has 0 unspecified atom stereocenters. The minimum Gasteiger partial charge on any atom is -0.444 e. The quantitative estimate of drug-likeness (QED) is 0.614. The standard InChI is InChI=1S/C18H23BrClFN2O3/c1-18(2,3)26-17(25)23-7-5-11(6-8-23)22(4)16(24)12-9-13(19)14(20)10-15(12)21/h9-11H,5-8H2,1-4H3. The van der Waals surface area contributed by atoms with E-state index < -0.39 is 17.3 Å². The first-order valence-corrected chi connectivity index (χ1v) is 9.56. The van der Waals surface area contributed by atoms with Gasteiger partial charge in [0.25, 0.3) is 5.91 Å². The van der Waals surface area contributed by atoms with Crippen LogP contribution in [0.3, 0.4) is 0 Å². The smallest absolute Gasteiger partial charge is 0.410 e. The number of carbonyl (C=O) groups is 2. The van der Waals surface area contributed by atoms with Gasteiger partial charge in [-0.05, 0) is 61.7 Å². The van der Waals surface area contributed by atoms with Gasteiger partial charge in [-0.15, -0.1) is 0 Å². The van der Waals surface area contributed by atoms with Gasteiger partial charge >= 0.3 is 6.09 Å². The normalized spacial score (nSPS) is 15.7. The summed E-state index contributed by atoms with van der Waals surface area (Å²) in [5, 5.41) is 0.215. The lowest BCUT2D eigenvalue weighted by atomic mass is 10.0. The van der Waals surface area contributed by atoms with Crippen LogP contribution in [0.2, 0.25) is 5.02 Å². The maximum atomic E-state index is 14.1. The number of amides is 2. The largest absolute Gasteiger partial charge is 0.444 e. The Morgan fingerprint density at radius 3 is 2.42 bits per heavy atom. The molecule has 144 valence electrons. The molecule has 1 saturated heterocycles. The van der Waals surface area contributed by atoms with Crippen molar-refractivity contribution in [3.8, 4) is 0 Å². The van der Waals surface area contributed by atoms with Gasteiger partial charge in [0.2, 0.25) is 0 Å². The minimum absolute atomic E-state index is 0.0293. The van der Waals surface area contributed by atoms with Crippen molar-refractivity contribution in [2.45, 2.75) is 45.3 Å². The lowest BCUT2D eigenvalue weighted by molar-refractivity contribution is 0.0159. The molecule has 1 aliphatic heterocycles. The van der Waals surface area contributed by atoms with Crippen molar-refractivity contribution in [2.24, 2.45) is 0 Å². The van der Waals surface area contributed by atoms with Crippen LogP contribution in [-0.2, 0) is 4.74 Å². The second kappa shape index (κ2) is 8.13. The molecule has 2 amide bonds. The van der Waals surface area contributed by atoms with E-state index in [2.05, 4.69) is 15.9 Å². The van der Waals surface area contributed by atoms with Crippen LogP contribution in [0.5, 0.6) is 0 Å². The van der Waals surface area contributed by atoms with Crippen LogP contribution in [0.4, 0.5) is 9.18 Å². The number of hydrogen-bond acceptors (Lipinski definition) is 3. The van der Waals surface area contributed by atoms with Crippen LogP contribution in [0.15, 0.2) is 16.6 Å². The summed E-state index contributed by atoms with van der Waals surface area (Å²) in [5.74, 6) is -1.06. The van der Waals surface area contributed by atoms with Crippen molar-refractivity contribution in [2.75, 3.05) is 20.1 Å². The first kappa shape index (κ1) is 21.0. The predicted molar refractivity (Wildman–Crippen MR) is 102 cm³/mol. The number of benzene rings is 1. The zero-order chi connectivity index (χ0) is 19.6. The third kappa shape index (κ3) is 5.10. The van der Waals surface area contributed by atoms with E-state index in [0.29, 0.717) is 30.4 Å². The van der Waals surface area contributed by atoms with Crippen LogP contribution in [0.25, 0.3) is 0 Å². The molecule has 1 fully saturated rings. The highest BCUT2D eigenvalue weighted by Crippen LogP contribution is 2.27. The molecule has 0 radical (unpaired) electrons. The van der Waals surface area contributed by atoms with E-state index in [1.807, 2.05) is 20.8 Å². The minimum atomic E-state index is -0.652. The van der Waals surface area contributed by atoms with Gasteiger partial charge in [0.1, 0.15) is 11.4 Å².